The van der Waals surface area contributed by atoms with Gasteiger partial charge in [0.05, 0.1) is 12.0 Å². The Balaban J connectivity index is 2.01. The second-order valence-electron chi connectivity index (χ2n) is 5.96. The summed E-state index contributed by atoms with van der Waals surface area (Å²) >= 11 is 0. The standard InChI is InChI=1S/C19H19NO4/c1-12-10-15-16(24-18(12)14-6-4-3-5-7-14)11-13(2)20(19(15)23)9-8-17(21)22/h3-7,10-11,18H,8-9H2,1-2H3,(H,21,22)/t18-/m1/s1. The monoisotopic (exact) mass is 325 g/mol. The molecule has 0 unspecified atom stereocenters. The number of hydrogen-bond donors (Lipinski definition) is 1. The number of aliphatic carboxylic acids is 1. The number of fused-ring (bicyclic) bond motifs is 1. The van der Waals surface area contributed by atoms with Crippen molar-refractivity contribution in [3.8, 4) is 5.75 Å². The first kappa shape index (κ1) is 16.1. The van der Waals surface area contributed by atoms with Gasteiger partial charge in [-0.15, -0.1) is 0 Å². The van der Waals surface area contributed by atoms with Crippen molar-refractivity contribution in [1.29, 1.82) is 0 Å². The molecule has 0 aliphatic carbocycles. The number of carboxylic acids is 1. The summed E-state index contributed by atoms with van der Waals surface area (Å²) in [5, 5.41) is 8.85. The molecule has 1 aliphatic heterocycles. The van der Waals surface area contributed by atoms with Gasteiger partial charge < -0.3 is 14.4 Å². The van der Waals surface area contributed by atoms with Crippen LogP contribution < -0.4 is 10.3 Å². The van der Waals surface area contributed by atoms with E-state index in [1.54, 1.807) is 13.0 Å². The van der Waals surface area contributed by atoms with E-state index in [2.05, 4.69) is 0 Å². The lowest BCUT2D eigenvalue weighted by molar-refractivity contribution is -0.137. The van der Waals surface area contributed by atoms with Gasteiger partial charge in [0.1, 0.15) is 11.9 Å². The first-order valence-corrected chi connectivity index (χ1v) is 7.83. The van der Waals surface area contributed by atoms with E-state index in [1.165, 1.54) is 4.57 Å². The molecule has 0 saturated heterocycles. The van der Waals surface area contributed by atoms with E-state index in [4.69, 9.17) is 9.84 Å². The largest absolute Gasteiger partial charge is 0.481 e. The van der Waals surface area contributed by atoms with Gasteiger partial charge >= 0.3 is 5.97 Å². The van der Waals surface area contributed by atoms with E-state index in [0.717, 1.165) is 11.1 Å². The van der Waals surface area contributed by atoms with E-state index in [-0.39, 0.29) is 24.6 Å². The van der Waals surface area contributed by atoms with Crippen LogP contribution in [0.2, 0.25) is 0 Å². The Bertz CT molecular complexity index is 865. The topological polar surface area (TPSA) is 68.5 Å². The molecule has 24 heavy (non-hydrogen) atoms. The predicted octanol–water partition coefficient (Wildman–Crippen LogP) is 3.17. The molecule has 3 rings (SSSR count). The van der Waals surface area contributed by atoms with Crippen LogP contribution in [-0.2, 0) is 11.3 Å². The minimum absolute atomic E-state index is 0.0876. The van der Waals surface area contributed by atoms with Crippen molar-refractivity contribution in [3.05, 3.63) is 69.1 Å². The van der Waals surface area contributed by atoms with Crippen molar-refractivity contribution in [3.63, 3.8) is 0 Å². The normalized spacial score (nSPS) is 16.1. The SMILES string of the molecule is CC1=Cc2c(cc(C)n(CCC(=O)O)c2=O)O[C@H]1c1ccccc1. The molecule has 1 aliphatic rings. The van der Waals surface area contributed by atoms with Gasteiger partial charge in [0.15, 0.2) is 0 Å². The van der Waals surface area contributed by atoms with Crippen molar-refractivity contribution in [1.82, 2.24) is 4.57 Å². The number of hydrogen-bond acceptors (Lipinski definition) is 3. The number of aryl methyl sites for hydroxylation is 1. The quantitative estimate of drug-likeness (QED) is 0.937. The zero-order valence-electron chi connectivity index (χ0n) is 13.7. The molecule has 0 radical (unpaired) electrons. The lowest BCUT2D eigenvalue weighted by atomic mass is 9.98. The fourth-order valence-corrected chi connectivity index (χ4v) is 2.95. The van der Waals surface area contributed by atoms with Gasteiger partial charge in [-0.3, -0.25) is 9.59 Å². The highest BCUT2D eigenvalue weighted by Crippen LogP contribution is 2.35. The zero-order chi connectivity index (χ0) is 17.3. The van der Waals surface area contributed by atoms with Gasteiger partial charge in [-0.05, 0) is 31.1 Å². The van der Waals surface area contributed by atoms with Crippen LogP contribution >= 0.6 is 0 Å². The highest BCUT2D eigenvalue weighted by Gasteiger charge is 2.24. The summed E-state index contributed by atoms with van der Waals surface area (Å²) in [6, 6.07) is 11.6. The summed E-state index contributed by atoms with van der Waals surface area (Å²) < 4.78 is 7.56. The molecule has 0 spiro atoms. The molecule has 1 aromatic carbocycles. The molecule has 0 saturated carbocycles. The maximum Gasteiger partial charge on any atom is 0.305 e. The van der Waals surface area contributed by atoms with E-state index < -0.39 is 5.97 Å². The third kappa shape index (κ3) is 2.97. The number of carbonyl (C=O) groups is 1. The van der Waals surface area contributed by atoms with Gasteiger partial charge in [-0.2, -0.15) is 0 Å². The minimum atomic E-state index is -0.925. The molecule has 1 atom stereocenters. The fraction of sp³-hybridized carbons (Fsp3) is 0.263. The first-order chi connectivity index (χ1) is 11.5. The van der Waals surface area contributed by atoms with Crippen molar-refractivity contribution in [2.24, 2.45) is 0 Å². The van der Waals surface area contributed by atoms with Crippen LogP contribution in [0.25, 0.3) is 6.08 Å². The molecule has 5 nitrogen and oxygen atoms in total. The number of pyridine rings is 1. The third-order valence-electron chi connectivity index (χ3n) is 4.19. The lowest BCUT2D eigenvalue weighted by Crippen LogP contribution is -2.28. The van der Waals surface area contributed by atoms with Crippen LogP contribution in [0.15, 0.2) is 46.8 Å². The van der Waals surface area contributed by atoms with Gasteiger partial charge in [0.2, 0.25) is 0 Å². The van der Waals surface area contributed by atoms with Crippen LogP contribution in [0, 0.1) is 6.92 Å². The molecule has 0 bridgehead atoms. The number of carboxylic acid groups (broad SMARTS) is 1. The molecule has 1 N–H and O–H groups in total. The Morgan fingerprint density at radius 1 is 1.25 bits per heavy atom. The van der Waals surface area contributed by atoms with Gasteiger partial charge in [0.25, 0.3) is 5.56 Å². The van der Waals surface area contributed by atoms with Crippen LogP contribution in [0.3, 0.4) is 0 Å². The number of aromatic nitrogens is 1. The van der Waals surface area contributed by atoms with E-state index in [0.29, 0.717) is 17.0 Å². The molecule has 2 heterocycles. The molecule has 2 aromatic rings. The molecular weight excluding hydrogens is 306 g/mol. The Hall–Kier alpha value is -2.82. The number of ether oxygens (including phenoxy) is 1. The number of benzene rings is 1. The second-order valence-corrected chi connectivity index (χ2v) is 5.96. The third-order valence-corrected chi connectivity index (χ3v) is 4.19. The molecule has 1 aromatic heterocycles. The van der Waals surface area contributed by atoms with E-state index >= 15 is 0 Å². The maximum absolute atomic E-state index is 12.7. The van der Waals surface area contributed by atoms with Crippen LogP contribution in [0.5, 0.6) is 5.75 Å². The summed E-state index contributed by atoms with van der Waals surface area (Å²) in [4.78, 5) is 23.5. The Labute approximate surface area is 139 Å². The second kappa shape index (κ2) is 6.35. The zero-order valence-corrected chi connectivity index (χ0v) is 13.7. The first-order valence-electron chi connectivity index (χ1n) is 7.83. The van der Waals surface area contributed by atoms with Crippen molar-refractivity contribution < 1.29 is 14.6 Å². The van der Waals surface area contributed by atoms with Crippen LogP contribution in [0.1, 0.15) is 36.3 Å². The predicted molar refractivity (Wildman–Crippen MR) is 91.2 cm³/mol. The minimum Gasteiger partial charge on any atom is -0.481 e. The van der Waals surface area contributed by atoms with Crippen LogP contribution in [-0.4, -0.2) is 15.6 Å². The highest BCUT2D eigenvalue weighted by molar-refractivity contribution is 5.67. The van der Waals surface area contributed by atoms with E-state index in [9.17, 15) is 9.59 Å². The summed E-state index contributed by atoms with van der Waals surface area (Å²) in [5.41, 5.74) is 2.94. The summed E-state index contributed by atoms with van der Waals surface area (Å²) in [6.45, 7) is 3.87. The van der Waals surface area contributed by atoms with Crippen LogP contribution in [0.4, 0.5) is 0 Å². The van der Waals surface area contributed by atoms with Gasteiger partial charge in [-0.1, -0.05) is 30.3 Å². The molecular formula is C19H19NO4. The average molecular weight is 325 g/mol. The van der Waals surface area contributed by atoms with Gasteiger partial charge in [-0.25, -0.2) is 0 Å². The highest BCUT2D eigenvalue weighted by atomic mass is 16.5. The Morgan fingerprint density at radius 2 is 1.96 bits per heavy atom. The summed E-state index contributed by atoms with van der Waals surface area (Å²) in [7, 11) is 0. The Kier molecular flexibility index (Phi) is 4.25. The summed E-state index contributed by atoms with van der Waals surface area (Å²) in [5.74, 6) is -0.380. The molecule has 124 valence electrons. The Morgan fingerprint density at radius 3 is 2.62 bits per heavy atom. The van der Waals surface area contributed by atoms with Crippen molar-refractivity contribution in [2.75, 3.05) is 0 Å². The molecule has 5 heteroatoms. The summed E-state index contributed by atoms with van der Waals surface area (Å²) in [6.07, 6.45) is 1.54. The van der Waals surface area contributed by atoms with Crippen molar-refractivity contribution >= 4 is 12.0 Å². The number of nitrogens with zero attached hydrogens (tertiary/aromatic N) is 1. The number of rotatable bonds is 4. The van der Waals surface area contributed by atoms with Crippen molar-refractivity contribution in [2.45, 2.75) is 32.9 Å². The smallest absolute Gasteiger partial charge is 0.305 e. The molecule has 0 amide bonds. The average Bonchev–Trinajstić information content (AvgIpc) is 2.55. The van der Waals surface area contributed by atoms with Gasteiger partial charge in [0, 0.05) is 18.3 Å². The lowest BCUT2D eigenvalue weighted by Gasteiger charge is -2.27. The molecule has 0 fully saturated rings. The fourth-order valence-electron chi connectivity index (χ4n) is 2.95. The van der Waals surface area contributed by atoms with E-state index in [1.807, 2.05) is 43.3 Å². The maximum atomic E-state index is 12.7.